The maximum atomic E-state index is 2.48. The Morgan fingerprint density at radius 3 is 1.55 bits per heavy atom. The molecule has 0 heterocycles. The molecule has 0 saturated heterocycles. The number of hydrogen-bond donors (Lipinski definition) is 0. The number of benzene rings is 11. The topological polar surface area (TPSA) is 3.24 Å². The first-order valence-corrected chi connectivity index (χ1v) is 24.6. The summed E-state index contributed by atoms with van der Waals surface area (Å²) in [5.74, 6) is 0.850. The highest BCUT2D eigenvalue weighted by atomic mass is 15.1. The lowest BCUT2D eigenvalue weighted by molar-refractivity contribution is 0.660. The third-order valence-corrected chi connectivity index (χ3v) is 15.8. The van der Waals surface area contributed by atoms with E-state index in [0.29, 0.717) is 11.8 Å². The fraction of sp³-hybridized carbons (Fsp3) is 0.0882. The molecule has 2 unspecified atom stereocenters. The first kappa shape index (κ1) is 39.9. The van der Waals surface area contributed by atoms with Crippen molar-refractivity contribution in [2.45, 2.75) is 37.5 Å². The first-order chi connectivity index (χ1) is 34.0. The summed E-state index contributed by atoms with van der Waals surface area (Å²) < 4.78 is 0. The fourth-order valence-electron chi connectivity index (χ4n) is 12.4. The molecule has 1 saturated carbocycles. The van der Waals surface area contributed by atoms with Crippen molar-refractivity contribution in [3.63, 3.8) is 0 Å². The summed E-state index contributed by atoms with van der Waals surface area (Å²) in [6.45, 7) is 4.71. The Bertz CT molecular complexity index is 3860. The summed E-state index contributed by atoms with van der Waals surface area (Å²) in [7, 11) is 0. The normalized spacial score (nSPS) is 15.7. The summed E-state index contributed by atoms with van der Waals surface area (Å²) in [4.78, 5) is 2.46. The lowest BCUT2D eigenvalue weighted by Gasteiger charge is -2.29. The second-order valence-corrected chi connectivity index (χ2v) is 19.9. The van der Waals surface area contributed by atoms with Crippen LogP contribution in [0.15, 0.2) is 237 Å². The van der Waals surface area contributed by atoms with E-state index in [0.717, 1.165) is 23.5 Å². The predicted octanol–water partition coefficient (Wildman–Crippen LogP) is 18.7. The third-order valence-electron chi connectivity index (χ3n) is 15.8. The monoisotopic (exact) mass is 879 g/mol. The first-order valence-electron chi connectivity index (χ1n) is 24.6. The number of nitrogens with zero attached hydrogens (tertiary/aromatic N) is 1. The average Bonchev–Trinajstić information content (AvgIpc) is 4.16. The van der Waals surface area contributed by atoms with Crippen molar-refractivity contribution in [1.29, 1.82) is 0 Å². The SMILES string of the molecule is CC1(C)c2ccccc2-c2cc(N(c3ccc(-c4ccc5c(c4)-c4ccc6ccccc6c4C4CC4c4c(ccc6ccccc46)-c4ccccc4-5)cc3)c3ccccc3-c3ccccc3)ccc21. The summed E-state index contributed by atoms with van der Waals surface area (Å²) in [5.41, 5.74) is 24.3. The minimum absolute atomic E-state index is 0.0698. The van der Waals surface area contributed by atoms with E-state index >= 15 is 0 Å². The zero-order valence-electron chi connectivity index (χ0n) is 38.8. The van der Waals surface area contributed by atoms with E-state index < -0.39 is 0 Å². The highest BCUT2D eigenvalue weighted by Gasteiger charge is 2.44. The molecule has 3 aliphatic carbocycles. The standard InChI is InChI=1S/C68H49N/c1-68(2)63-26-14-12-25-56(63)60-41-49(35-39-64(60)68)69(65-27-15-13-20-50(65)44-16-4-3-5-17-44)48-33-28-43(29-34-48)47-32-36-55-53-23-10-11-24-54(53)57-37-30-45-18-6-8-21-51(45)66(57)61-42-62(61)67-52-22-9-7-19-46(52)31-38-58(67)59(55)40-47/h3-41,61-62H,42H2,1-2H3. The Hall–Kier alpha value is -8.26. The van der Waals surface area contributed by atoms with Gasteiger partial charge in [0.25, 0.3) is 0 Å². The smallest absolute Gasteiger partial charge is 0.0540 e. The molecule has 1 nitrogen and oxygen atoms in total. The van der Waals surface area contributed by atoms with Gasteiger partial charge in [0.05, 0.1) is 5.69 Å². The van der Waals surface area contributed by atoms with Gasteiger partial charge < -0.3 is 4.90 Å². The van der Waals surface area contributed by atoms with Crippen molar-refractivity contribution in [2.24, 2.45) is 0 Å². The van der Waals surface area contributed by atoms with E-state index in [1.54, 1.807) is 0 Å². The minimum Gasteiger partial charge on any atom is -0.310 e. The Kier molecular flexibility index (Phi) is 8.89. The van der Waals surface area contributed by atoms with E-state index in [-0.39, 0.29) is 5.41 Å². The Balaban J connectivity index is 0.944. The molecule has 11 aromatic rings. The molecule has 14 rings (SSSR count). The summed E-state index contributed by atoms with van der Waals surface area (Å²) >= 11 is 0. The van der Waals surface area contributed by atoms with Crippen LogP contribution in [0.25, 0.3) is 88.3 Å². The van der Waals surface area contributed by atoms with Gasteiger partial charge in [-0.05, 0) is 160 Å². The number of fused-ring (bicyclic) bond motifs is 17. The zero-order chi connectivity index (χ0) is 45.8. The Morgan fingerprint density at radius 2 is 0.841 bits per heavy atom. The molecular weight excluding hydrogens is 831 g/mol. The van der Waals surface area contributed by atoms with E-state index in [9.17, 15) is 0 Å². The average molecular weight is 880 g/mol. The van der Waals surface area contributed by atoms with Gasteiger partial charge in [0.2, 0.25) is 0 Å². The van der Waals surface area contributed by atoms with Crippen LogP contribution < -0.4 is 4.90 Å². The third kappa shape index (κ3) is 6.23. The van der Waals surface area contributed by atoms with Gasteiger partial charge in [-0.15, -0.1) is 0 Å². The van der Waals surface area contributed by atoms with Gasteiger partial charge in [-0.25, -0.2) is 0 Å². The van der Waals surface area contributed by atoms with Crippen LogP contribution in [0.4, 0.5) is 17.1 Å². The van der Waals surface area contributed by atoms with Crippen molar-refractivity contribution >= 4 is 38.6 Å². The van der Waals surface area contributed by atoms with Gasteiger partial charge in [0, 0.05) is 22.4 Å². The predicted molar refractivity (Wildman–Crippen MR) is 291 cm³/mol. The van der Waals surface area contributed by atoms with Gasteiger partial charge in [0.15, 0.2) is 0 Å². The molecule has 0 radical (unpaired) electrons. The molecule has 0 aliphatic heterocycles. The second-order valence-electron chi connectivity index (χ2n) is 19.9. The quantitative estimate of drug-likeness (QED) is 0.166. The van der Waals surface area contributed by atoms with Gasteiger partial charge >= 0.3 is 0 Å². The van der Waals surface area contributed by atoms with Gasteiger partial charge in [-0.1, -0.05) is 214 Å². The van der Waals surface area contributed by atoms with E-state index in [4.69, 9.17) is 0 Å². The Labute approximate surface area is 404 Å². The molecule has 69 heavy (non-hydrogen) atoms. The van der Waals surface area contributed by atoms with Crippen molar-refractivity contribution < 1.29 is 0 Å². The molecule has 0 amide bonds. The summed E-state index contributed by atoms with van der Waals surface area (Å²) in [6.07, 6.45) is 1.14. The minimum atomic E-state index is -0.0698. The highest BCUT2D eigenvalue weighted by Crippen LogP contribution is 2.63. The van der Waals surface area contributed by atoms with Gasteiger partial charge in [-0.2, -0.15) is 0 Å². The molecule has 0 bridgehead atoms. The molecule has 0 spiro atoms. The van der Waals surface area contributed by atoms with Crippen molar-refractivity contribution in [1.82, 2.24) is 0 Å². The zero-order valence-corrected chi connectivity index (χ0v) is 38.8. The van der Waals surface area contributed by atoms with Crippen LogP contribution in [-0.4, -0.2) is 0 Å². The summed E-state index contributed by atoms with van der Waals surface area (Å²) in [6, 6.07) is 88.9. The van der Waals surface area contributed by atoms with Gasteiger partial charge in [-0.3, -0.25) is 0 Å². The maximum Gasteiger partial charge on any atom is 0.0540 e. The van der Waals surface area contributed by atoms with Crippen LogP contribution >= 0.6 is 0 Å². The largest absolute Gasteiger partial charge is 0.310 e. The van der Waals surface area contributed by atoms with E-state index in [1.807, 2.05) is 0 Å². The lowest BCUT2D eigenvalue weighted by atomic mass is 9.80. The van der Waals surface area contributed by atoms with Crippen LogP contribution in [0.5, 0.6) is 0 Å². The number of hydrogen-bond acceptors (Lipinski definition) is 1. The molecule has 0 aromatic heterocycles. The van der Waals surface area contributed by atoms with E-state index in [1.165, 1.54) is 111 Å². The lowest BCUT2D eigenvalue weighted by Crippen LogP contribution is -2.15. The van der Waals surface area contributed by atoms with E-state index in [2.05, 4.69) is 255 Å². The highest BCUT2D eigenvalue weighted by molar-refractivity contribution is 6.03. The number of rotatable bonds is 5. The number of para-hydroxylation sites is 1. The fourth-order valence-corrected chi connectivity index (χ4v) is 12.4. The van der Waals surface area contributed by atoms with Crippen molar-refractivity contribution in [2.75, 3.05) is 4.90 Å². The molecule has 1 heteroatoms. The van der Waals surface area contributed by atoms with Crippen molar-refractivity contribution in [3.05, 3.63) is 259 Å². The molecule has 11 aromatic carbocycles. The molecule has 2 atom stereocenters. The second kappa shape index (κ2) is 15.4. The maximum absolute atomic E-state index is 2.48. The van der Waals surface area contributed by atoms with Gasteiger partial charge in [0.1, 0.15) is 0 Å². The van der Waals surface area contributed by atoms with Crippen LogP contribution in [0.2, 0.25) is 0 Å². The van der Waals surface area contributed by atoms with Crippen LogP contribution in [0.3, 0.4) is 0 Å². The molecule has 0 N–H and O–H groups in total. The molecule has 1 fully saturated rings. The van der Waals surface area contributed by atoms with Crippen molar-refractivity contribution in [3.8, 4) is 66.8 Å². The Morgan fingerprint density at radius 1 is 0.333 bits per heavy atom. The molecule has 3 aliphatic rings. The summed E-state index contributed by atoms with van der Waals surface area (Å²) in [5, 5.41) is 5.37. The van der Waals surface area contributed by atoms with Crippen LogP contribution in [0.1, 0.15) is 54.4 Å². The molecule has 326 valence electrons. The van der Waals surface area contributed by atoms with Crippen LogP contribution in [0, 0.1) is 0 Å². The van der Waals surface area contributed by atoms with Crippen LogP contribution in [-0.2, 0) is 5.41 Å². The molecular formula is C68H49N. The number of anilines is 3.